The number of ether oxygens (including phenoxy) is 3. The molecule has 1 atom stereocenters. The van der Waals surface area contributed by atoms with Crippen LogP contribution in [-0.4, -0.2) is 77.9 Å². The van der Waals surface area contributed by atoms with Crippen LogP contribution in [0.25, 0.3) is 0 Å². The van der Waals surface area contributed by atoms with Crippen LogP contribution in [0, 0.1) is 0 Å². The number of hydrogen-bond acceptors (Lipinski definition) is 6. The Hall–Kier alpha value is -2.28. The fourth-order valence-corrected chi connectivity index (χ4v) is 3.60. The van der Waals surface area contributed by atoms with Gasteiger partial charge in [0.15, 0.2) is 11.5 Å². The van der Waals surface area contributed by atoms with Gasteiger partial charge < -0.3 is 29.3 Å². The molecule has 30 heavy (non-hydrogen) atoms. The van der Waals surface area contributed by atoms with Crippen molar-refractivity contribution < 1.29 is 14.2 Å². The van der Waals surface area contributed by atoms with Gasteiger partial charge >= 0.3 is 0 Å². The summed E-state index contributed by atoms with van der Waals surface area (Å²) >= 11 is 0. The lowest BCUT2D eigenvalue weighted by atomic mass is 9.89. The van der Waals surface area contributed by atoms with Crippen LogP contribution in [0.3, 0.4) is 0 Å². The van der Waals surface area contributed by atoms with Gasteiger partial charge in [-0.3, -0.25) is 0 Å². The van der Waals surface area contributed by atoms with E-state index in [4.69, 9.17) is 14.2 Å². The normalized spacial score (nSPS) is 15.9. The molecule has 0 amide bonds. The standard InChI is InChI=1S/C24H35N3O3/c1-26(2)11-13-29-20-8-6-7-19(15-20)24-21-17-23(30-14-12-27(3)4)22(28-5)16-18(21)9-10-25-24/h6-8,15-17,24-25H,9-14H2,1-5H3. The lowest BCUT2D eigenvalue weighted by Crippen LogP contribution is -2.30. The number of hydrogen-bond donors (Lipinski definition) is 1. The Balaban J connectivity index is 1.83. The fraction of sp³-hybridized carbons (Fsp3) is 0.500. The van der Waals surface area contributed by atoms with Crippen molar-refractivity contribution >= 4 is 0 Å². The minimum absolute atomic E-state index is 0.105. The van der Waals surface area contributed by atoms with Gasteiger partial charge in [0, 0.05) is 19.6 Å². The van der Waals surface area contributed by atoms with Crippen LogP contribution in [0.15, 0.2) is 36.4 Å². The molecule has 0 aliphatic carbocycles. The minimum atomic E-state index is 0.105. The molecular formula is C24H35N3O3. The van der Waals surface area contributed by atoms with Crippen molar-refractivity contribution in [2.75, 3.05) is 68.1 Å². The van der Waals surface area contributed by atoms with Crippen molar-refractivity contribution in [2.45, 2.75) is 12.5 Å². The molecule has 0 saturated heterocycles. The van der Waals surface area contributed by atoms with Crippen LogP contribution in [-0.2, 0) is 6.42 Å². The number of benzene rings is 2. The highest BCUT2D eigenvalue weighted by atomic mass is 16.5. The molecule has 0 aromatic heterocycles. The van der Waals surface area contributed by atoms with Gasteiger partial charge in [-0.1, -0.05) is 12.1 Å². The molecule has 6 nitrogen and oxygen atoms in total. The summed E-state index contributed by atoms with van der Waals surface area (Å²) in [6, 6.07) is 12.8. The SMILES string of the molecule is COc1cc2c(cc1OCCN(C)C)C(c1cccc(OCCN(C)C)c1)NCC2. The molecule has 2 aromatic carbocycles. The Morgan fingerprint density at radius 3 is 2.37 bits per heavy atom. The van der Waals surface area contributed by atoms with Crippen molar-refractivity contribution in [3.05, 3.63) is 53.1 Å². The highest BCUT2D eigenvalue weighted by Crippen LogP contribution is 2.38. The first-order valence-corrected chi connectivity index (χ1v) is 10.6. The maximum absolute atomic E-state index is 6.06. The number of likely N-dealkylation sites (N-methyl/N-ethyl adjacent to an activating group) is 2. The average Bonchev–Trinajstić information content (AvgIpc) is 2.72. The highest BCUT2D eigenvalue weighted by molar-refractivity contribution is 5.52. The lowest BCUT2D eigenvalue weighted by Gasteiger charge is -2.29. The fourth-order valence-electron chi connectivity index (χ4n) is 3.60. The predicted molar refractivity (Wildman–Crippen MR) is 121 cm³/mol. The minimum Gasteiger partial charge on any atom is -0.493 e. The largest absolute Gasteiger partial charge is 0.493 e. The summed E-state index contributed by atoms with van der Waals surface area (Å²) in [5.41, 5.74) is 3.74. The summed E-state index contributed by atoms with van der Waals surface area (Å²) in [6.45, 7) is 3.96. The van der Waals surface area contributed by atoms with Crippen molar-refractivity contribution in [2.24, 2.45) is 0 Å². The van der Waals surface area contributed by atoms with Crippen LogP contribution in [0.2, 0.25) is 0 Å². The molecule has 0 bridgehead atoms. The maximum Gasteiger partial charge on any atom is 0.161 e. The Morgan fingerprint density at radius 2 is 1.67 bits per heavy atom. The number of nitrogens with zero attached hydrogens (tertiary/aromatic N) is 2. The highest BCUT2D eigenvalue weighted by Gasteiger charge is 2.24. The second-order valence-corrected chi connectivity index (χ2v) is 8.21. The van der Waals surface area contributed by atoms with Gasteiger partial charge in [0.25, 0.3) is 0 Å². The van der Waals surface area contributed by atoms with E-state index in [1.165, 1.54) is 16.7 Å². The van der Waals surface area contributed by atoms with Crippen molar-refractivity contribution in [1.29, 1.82) is 0 Å². The molecule has 1 aliphatic heterocycles. The summed E-state index contributed by atoms with van der Waals surface area (Å²) in [4.78, 5) is 4.23. The molecule has 164 valence electrons. The van der Waals surface area contributed by atoms with Crippen LogP contribution in [0.5, 0.6) is 17.2 Å². The van der Waals surface area contributed by atoms with Gasteiger partial charge in [-0.05, 0) is 75.6 Å². The van der Waals surface area contributed by atoms with E-state index in [9.17, 15) is 0 Å². The Kier molecular flexibility index (Phi) is 7.96. The Morgan fingerprint density at radius 1 is 0.933 bits per heavy atom. The molecule has 6 heteroatoms. The summed E-state index contributed by atoms with van der Waals surface area (Å²) in [5, 5.41) is 3.66. The van der Waals surface area contributed by atoms with Gasteiger partial charge in [0.2, 0.25) is 0 Å². The smallest absolute Gasteiger partial charge is 0.161 e. The number of fused-ring (bicyclic) bond motifs is 1. The van der Waals surface area contributed by atoms with Crippen LogP contribution < -0.4 is 19.5 Å². The zero-order valence-corrected chi connectivity index (χ0v) is 18.9. The van der Waals surface area contributed by atoms with Gasteiger partial charge in [-0.2, -0.15) is 0 Å². The average molecular weight is 414 g/mol. The molecule has 0 spiro atoms. The third kappa shape index (κ3) is 5.88. The second kappa shape index (κ2) is 10.7. The predicted octanol–water partition coefficient (Wildman–Crippen LogP) is 2.81. The van der Waals surface area contributed by atoms with E-state index in [1.807, 2.05) is 20.2 Å². The molecule has 2 aromatic rings. The van der Waals surface area contributed by atoms with Crippen molar-refractivity contribution in [3.63, 3.8) is 0 Å². The third-order valence-corrected chi connectivity index (χ3v) is 5.27. The first kappa shape index (κ1) is 22.4. The van der Waals surface area contributed by atoms with Crippen molar-refractivity contribution in [1.82, 2.24) is 15.1 Å². The van der Waals surface area contributed by atoms with Gasteiger partial charge in [0.05, 0.1) is 13.2 Å². The number of rotatable bonds is 10. The molecule has 1 N–H and O–H groups in total. The molecule has 0 saturated carbocycles. The molecular weight excluding hydrogens is 378 g/mol. The molecule has 3 rings (SSSR count). The van der Waals surface area contributed by atoms with E-state index < -0.39 is 0 Å². The number of methoxy groups -OCH3 is 1. The van der Waals surface area contributed by atoms with E-state index in [1.54, 1.807) is 7.11 Å². The summed E-state index contributed by atoms with van der Waals surface area (Å²) in [7, 11) is 9.89. The van der Waals surface area contributed by atoms with E-state index in [0.717, 1.165) is 43.3 Å². The molecule has 1 heterocycles. The summed E-state index contributed by atoms with van der Waals surface area (Å²) < 4.78 is 17.6. The van der Waals surface area contributed by atoms with Crippen LogP contribution >= 0.6 is 0 Å². The molecule has 1 aliphatic rings. The zero-order chi connectivity index (χ0) is 21.5. The van der Waals surface area contributed by atoms with E-state index >= 15 is 0 Å². The van der Waals surface area contributed by atoms with Crippen molar-refractivity contribution in [3.8, 4) is 17.2 Å². The van der Waals surface area contributed by atoms with Gasteiger partial charge in [0.1, 0.15) is 19.0 Å². The monoisotopic (exact) mass is 413 g/mol. The Bertz CT molecular complexity index is 823. The quantitative estimate of drug-likeness (QED) is 0.646. The maximum atomic E-state index is 6.06. The first-order chi connectivity index (χ1) is 14.5. The van der Waals surface area contributed by atoms with E-state index in [2.05, 4.69) is 59.5 Å². The molecule has 1 unspecified atom stereocenters. The zero-order valence-electron chi connectivity index (χ0n) is 18.9. The summed E-state index contributed by atoms with van der Waals surface area (Å²) in [5.74, 6) is 2.50. The van der Waals surface area contributed by atoms with Crippen LogP contribution in [0.1, 0.15) is 22.7 Å². The lowest BCUT2D eigenvalue weighted by molar-refractivity contribution is 0.250. The van der Waals surface area contributed by atoms with E-state index in [-0.39, 0.29) is 6.04 Å². The number of nitrogens with one attached hydrogen (secondary N) is 1. The topological polar surface area (TPSA) is 46.2 Å². The molecule has 0 radical (unpaired) electrons. The first-order valence-electron chi connectivity index (χ1n) is 10.6. The third-order valence-electron chi connectivity index (χ3n) is 5.27. The van der Waals surface area contributed by atoms with Gasteiger partial charge in [-0.15, -0.1) is 0 Å². The molecule has 0 fully saturated rings. The van der Waals surface area contributed by atoms with E-state index in [0.29, 0.717) is 13.2 Å². The van der Waals surface area contributed by atoms with Crippen LogP contribution in [0.4, 0.5) is 0 Å². The Labute approximate surface area is 180 Å². The van der Waals surface area contributed by atoms with Gasteiger partial charge in [-0.25, -0.2) is 0 Å². The summed E-state index contributed by atoms with van der Waals surface area (Å²) in [6.07, 6.45) is 0.971. The second-order valence-electron chi connectivity index (χ2n) is 8.21.